The largest absolute Gasteiger partial charge is 0.463 e. The first-order chi connectivity index (χ1) is 6.70. The molecule has 0 aliphatic heterocycles. The van der Waals surface area contributed by atoms with E-state index in [-0.39, 0.29) is 0 Å². The summed E-state index contributed by atoms with van der Waals surface area (Å²) in [5.41, 5.74) is 0. The molecular weight excluding hydrogens is 220 g/mol. The van der Waals surface area contributed by atoms with Crippen LogP contribution in [0.15, 0.2) is 12.7 Å². The fraction of sp³-hybridized carbons (Fsp3) is 0.625. The van der Waals surface area contributed by atoms with Gasteiger partial charge >= 0.3 is 18.0 Å². The highest BCUT2D eigenvalue weighted by molar-refractivity contribution is 5.81. The lowest BCUT2D eigenvalue weighted by Crippen LogP contribution is -2.40. The summed E-state index contributed by atoms with van der Waals surface area (Å²) in [5.74, 6) is -5.06. The summed E-state index contributed by atoms with van der Waals surface area (Å²) in [5, 5.41) is 8.32. The van der Waals surface area contributed by atoms with Crippen LogP contribution in [0.3, 0.4) is 0 Å². The zero-order valence-corrected chi connectivity index (χ0v) is 7.68. The molecule has 0 fully saturated rings. The Morgan fingerprint density at radius 2 is 1.93 bits per heavy atom. The van der Waals surface area contributed by atoms with Crippen molar-refractivity contribution in [1.82, 2.24) is 0 Å². The van der Waals surface area contributed by atoms with Gasteiger partial charge in [0.2, 0.25) is 0 Å². The van der Waals surface area contributed by atoms with E-state index in [0.717, 1.165) is 6.08 Å². The van der Waals surface area contributed by atoms with Crippen LogP contribution in [0.5, 0.6) is 0 Å². The topological polar surface area (TPSA) is 46.5 Å². The lowest BCUT2D eigenvalue weighted by molar-refractivity contribution is -0.317. The van der Waals surface area contributed by atoms with Crippen molar-refractivity contribution < 1.29 is 32.2 Å². The molecule has 7 heteroatoms. The highest BCUT2D eigenvalue weighted by Crippen LogP contribution is 2.34. The number of halogens is 4. The highest BCUT2D eigenvalue weighted by Gasteiger charge is 2.54. The third-order valence-corrected chi connectivity index (χ3v) is 1.50. The van der Waals surface area contributed by atoms with Crippen LogP contribution in [-0.2, 0) is 9.53 Å². The fourth-order valence-electron chi connectivity index (χ4n) is 0.680. The SMILES string of the molecule is C=CC(=O)OCCCC(O)(F)C(F)(F)F. The molecule has 0 spiro atoms. The monoisotopic (exact) mass is 230 g/mol. The van der Waals surface area contributed by atoms with Crippen molar-refractivity contribution in [3.05, 3.63) is 12.7 Å². The molecule has 88 valence electrons. The number of alkyl halides is 4. The second-order valence-corrected chi connectivity index (χ2v) is 2.73. The summed E-state index contributed by atoms with van der Waals surface area (Å²) in [7, 11) is 0. The van der Waals surface area contributed by atoms with E-state index in [1.165, 1.54) is 0 Å². The van der Waals surface area contributed by atoms with Gasteiger partial charge in [0.25, 0.3) is 0 Å². The minimum absolute atomic E-state index is 0.410. The van der Waals surface area contributed by atoms with Crippen molar-refractivity contribution in [1.29, 1.82) is 0 Å². The smallest absolute Gasteiger partial charge is 0.448 e. The van der Waals surface area contributed by atoms with E-state index in [2.05, 4.69) is 11.3 Å². The van der Waals surface area contributed by atoms with Gasteiger partial charge in [-0.3, -0.25) is 0 Å². The van der Waals surface area contributed by atoms with Gasteiger partial charge in [0.05, 0.1) is 6.61 Å². The average molecular weight is 230 g/mol. The van der Waals surface area contributed by atoms with Gasteiger partial charge in [-0.1, -0.05) is 6.58 Å². The minimum Gasteiger partial charge on any atom is -0.463 e. The van der Waals surface area contributed by atoms with E-state index < -0.39 is 37.4 Å². The Labute approximate surface area is 83.3 Å². The van der Waals surface area contributed by atoms with Gasteiger partial charge in [-0.2, -0.15) is 13.2 Å². The van der Waals surface area contributed by atoms with Crippen molar-refractivity contribution >= 4 is 5.97 Å². The second-order valence-electron chi connectivity index (χ2n) is 2.73. The molecule has 0 rings (SSSR count). The third kappa shape index (κ3) is 4.78. The van der Waals surface area contributed by atoms with E-state index in [0.29, 0.717) is 0 Å². The lowest BCUT2D eigenvalue weighted by Gasteiger charge is -2.21. The van der Waals surface area contributed by atoms with Gasteiger partial charge in [0, 0.05) is 12.5 Å². The number of rotatable bonds is 5. The number of carbonyl (C=O) groups excluding carboxylic acids is 1. The maximum absolute atomic E-state index is 12.5. The first-order valence-corrected chi connectivity index (χ1v) is 3.98. The Morgan fingerprint density at radius 1 is 1.40 bits per heavy atom. The maximum atomic E-state index is 12.5. The highest BCUT2D eigenvalue weighted by atomic mass is 19.4. The molecule has 0 amide bonds. The van der Waals surface area contributed by atoms with Crippen LogP contribution in [0.25, 0.3) is 0 Å². The first kappa shape index (κ1) is 13.9. The molecule has 1 unspecified atom stereocenters. The molecule has 3 nitrogen and oxygen atoms in total. The van der Waals surface area contributed by atoms with Crippen molar-refractivity contribution in [2.75, 3.05) is 6.61 Å². The van der Waals surface area contributed by atoms with Crippen molar-refractivity contribution in [3.8, 4) is 0 Å². The average Bonchev–Trinajstić information content (AvgIpc) is 2.10. The Balaban J connectivity index is 3.86. The van der Waals surface area contributed by atoms with Crippen LogP contribution in [0.2, 0.25) is 0 Å². The van der Waals surface area contributed by atoms with Gasteiger partial charge in [0.1, 0.15) is 0 Å². The fourth-order valence-corrected chi connectivity index (χ4v) is 0.680. The van der Waals surface area contributed by atoms with Crippen molar-refractivity contribution in [3.63, 3.8) is 0 Å². The van der Waals surface area contributed by atoms with E-state index in [1.807, 2.05) is 0 Å². The third-order valence-electron chi connectivity index (χ3n) is 1.50. The van der Waals surface area contributed by atoms with Crippen LogP contribution in [0.4, 0.5) is 17.6 Å². The van der Waals surface area contributed by atoms with Gasteiger partial charge in [-0.05, 0) is 6.42 Å². The van der Waals surface area contributed by atoms with Gasteiger partial charge in [-0.25, -0.2) is 9.18 Å². The molecule has 0 aromatic carbocycles. The molecule has 0 aromatic rings. The zero-order chi connectivity index (χ0) is 12.1. The van der Waals surface area contributed by atoms with Crippen molar-refractivity contribution in [2.45, 2.75) is 24.9 Å². The quantitative estimate of drug-likeness (QED) is 0.338. The van der Waals surface area contributed by atoms with Crippen LogP contribution < -0.4 is 0 Å². The molecule has 1 atom stereocenters. The van der Waals surface area contributed by atoms with Crippen LogP contribution in [0.1, 0.15) is 12.8 Å². The molecule has 15 heavy (non-hydrogen) atoms. The number of carbonyl (C=O) groups is 1. The summed E-state index contributed by atoms with van der Waals surface area (Å²) in [6.45, 7) is 2.64. The molecule has 0 heterocycles. The molecular formula is C8H10F4O3. The van der Waals surface area contributed by atoms with Gasteiger partial charge in [0.15, 0.2) is 0 Å². The van der Waals surface area contributed by atoms with Gasteiger partial charge in [-0.15, -0.1) is 0 Å². The number of esters is 1. The molecule has 0 saturated heterocycles. The summed E-state index contributed by atoms with van der Waals surface area (Å²) >= 11 is 0. The zero-order valence-electron chi connectivity index (χ0n) is 7.68. The number of aliphatic hydroxyl groups is 1. The molecule has 0 aliphatic carbocycles. The van der Waals surface area contributed by atoms with E-state index >= 15 is 0 Å². The summed E-state index contributed by atoms with van der Waals surface area (Å²) in [6.07, 6.45) is -6.13. The Bertz CT molecular complexity index is 235. The van der Waals surface area contributed by atoms with Crippen molar-refractivity contribution in [2.24, 2.45) is 0 Å². The first-order valence-electron chi connectivity index (χ1n) is 3.98. The molecule has 0 aliphatic rings. The predicted octanol–water partition coefficient (Wildman–Crippen LogP) is 1.72. The predicted molar refractivity (Wildman–Crippen MR) is 42.5 cm³/mol. The standard InChI is InChI=1S/C8H10F4O3/c1-2-6(13)15-5-3-4-7(9,14)8(10,11)12/h2,14H,1,3-5H2. The molecule has 0 saturated carbocycles. The van der Waals surface area contributed by atoms with Gasteiger partial charge < -0.3 is 9.84 Å². The van der Waals surface area contributed by atoms with Crippen LogP contribution in [-0.4, -0.2) is 29.7 Å². The second kappa shape index (κ2) is 5.11. The van der Waals surface area contributed by atoms with E-state index in [4.69, 9.17) is 5.11 Å². The normalized spacial score (nSPS) is 15.5. The summed E-state index contributed by atoms with van der Waals surface area (Å²) in [6, 6.07) is 0. The summed E-state index contributed by atoms with van der Waals surface area (Å²) < 4.78 is 52.0. The lowest BCUT2D eigenvalue weighted by atomic mass is 10.1. The van der Waals surface area contributed by atoms with E-state index in [1.54, 1.807) is 0 Å². The van der Waals surface area contributed by atoms with Crippen LogP contribution >= 0.6 is 0 Å². The number of hydrogen-bond acceptors (Lipinski definition) is 3. The Kier molecular flexibility index (Phi) is 4.73. The maximum Gasteiger partial charge on any atom is 0.448 e. The minimum atomic E-state index is -5.34. The molecule has 1 N–H and O–H groups in total. The molecule has 0 aromatic heterocycles. The molecule has 0 radical (unpaired) electrons. The number of hydrogen-bond donors (Lipinski definition) is 1. The van der Waals surface area contributed by atoms with Crippen LogP contribution in [0, 0.1) is 0 Å². The number of ether oxygens (including phenoxy) is 1. The van der Waals surface area contributed by atoms with E-state index in [9.17, 15) is 22.4 Å². The Hall–Kier alpha value is -1.11. The molecule has 0 bridgehead atoms. The Morgan fingerprint density at radius 3 is 2.33 bits per heavy atom. The summed E-state index contributed by atoms with van der Waals surface area (Å²) in [4.78, 5) is 10.4.